The molecule has 4 unspecified atom stereocenters. The third kappa shape index (κ3) is 2.69. The molecule has 0 aliphatic carbocycles. The van der Waals surface area contributed by atoms with Gasteiger partial charge in [0.25, 0.3) is 0 Å². The van der Waals surface area contributed by atoms with Crippen molar-refractivity contribution < 1.29 is 4.21 Å². The number of benzene rings is 1. The van der Waals surface area contributed by atoms with Crippen LogP contribution in [-0.2, 0) is 11.0 Å². The molecular formula is C17H19N5OS. The smallest absolute Gasteiger partial charge is 0.233 e. The molecule has 6 nitrogen and oxygen atoms in total. The second-order valence-electron chi connectivity index (χ2n) is 6.28. The third-order valence-electron chi connectivity index (χ3n) is 4.31. The second kappa shape index (κ2) is 5.98. The third-order valence-corrected chi connectivity index (χ3v) is 5.30. The summed E-state index contributed by atoms with van der Waals surface area (Å²) in [5.74, 6) is 0.807. The Kier molecular flexibility index (Phi) is 3.80. The predicted molar refractivity (Wildman–Crippen MR) is 96.4 cm³/mol. The highest BCUT2D eigenvalue weighted by Gasteiger charge is 2.41. The molecule has 0 amide bonds. The number of rotatable bonds is 2. The Bertz CT molecular complexity index is 813. The average Bonchev–Trinajstić information content (AvgIpc) is 3.04. The van der Waals surface area contributed by atoms with Gasteiger partial charge in [-0.3, -0.25) is 4.99 Å². The van der Waals surface area contributed by atoms with Gasteiger partial charge in [-0.15, -0.1) is 4.40 Å². The molecular weight excluding hydrogens is 322 g/mol. The van der Waals surface area contributed by atoms with Crippen LogP contribution in [0.15, 0.2) is 55.4 Å². The lowest BCUT2D eigenvalue weighted by atomic mass is 9.95. The van der Waals surface area contributed by atoms with E-state index in [1.54, 1.807) is 0 Å². The van der Waals surface area contributed by atoms with E-state index in [1.807, 2.05) is 48.6 Å². The molecule has 1 fully saturated rings. The first kappa shape index (κ1) is 15.3. The fourth-order valence-electron chi connectivity index (χ4n) is 3.17. The van der Waals surface area contributed by atoms with Crippen LogP contribution in [0.1, 0.15) is 18.9 Å². The molecule has 0 saturated carbocycles. The van der Waals surface area contributed by atoms with E-state index in [1.165, 1.54) is 0 Å². The van der Waals surface area contributed by atoms with Crippen LogP contribution in [0.3, 0.4) is 0 Å². The first-order valence-corrected chi connectivity index (χ1v) is 9.13. The Morgan fingerprint density at radius 1 is 1.42 bits per heavy atom. The first-order valence-electron chi connectivity index (χ1n) is 8.03. The lowest BCUT2D eigenvalue weighted by molar-refractivity contribution is 0.295. The van der Waals surface area contributed by atoms with Crippen molar-refractivity contribution in [2.24, 2.45) is 20.4 Å². The molecule has 3 heterocycles. The molecule has 7 heteroatoms. The van der Waals surface area contributed by atoms with Gasteiger partial charge >= 0.3 is 0 Å². The Balaban J connectivity index is 1.67. The molecule has 1 N–H and O–H groups in total. The SMILES string of the molecule is Cc1cccc(S(=O)/N=C2\NC3=CC(C)C=NC3C3CC=NN23)c1. The average molecular weight is 341 g/mol. The zero-order chi connectivity index (χ0) is 16.7. The fourth-order valence-corrected chi connectivity index (χ4v) is 4.04. The van der Waals surface area contributed by atoms with Crippen LogP contribution in [-0.4, -0.2) is 39.7 Å². The van der Waals surface area contributed by atoms with Crippen molar-refractivity contribution >= 4 is 29.4 Å². The van der Waals surface area contributed by atoms with Crippen LogP contribution in [0.5, 0.6) is 0 Å². The zero-order valence-electron chi connectivity index (χ0n) is 13.6. The van der Waals surface area contributed by atoms with Gasteiger partial charge in [0, 0.05) is 30.5 Å². The van der Waals surface area contributed by atoms with Crippen molar-refractivity contribution in [2.45, 2.75) is 37.2 Å². The summed E-state index contributed by atoms with van der Waals surface area (Å²) >= 11 is 0. The van der Waals surface area contributed by atoms with E-state index in [-0.39, 0.29) is 18.0 Å². The van der Waals surface area contributed by atoms with Gasteiger partial charge in [0.2, 0.25) is 5.96 Å². The fraction of sp³-hybridized carbons (Fsp3) is 0.353. The number of hydrazone groups is 1. The first-order chi connectivity index (χ1) is 11.6. The molecule has 4 atom stereocenters. The molecule has 24 heavy (non-hydrogen) atoms. The standard InChI is InChI=1S/C17H19N5OS/c1-11-4-3-5-13(8-11)24(23)21-17-20-14-9-12(2)10-18-16(14)15-6-7-19-22(15)17/h3-5,7-10,12,15-16H,6H2,1-2H3,(H,20,21). The van der Waals surface area contributed by atoms with Crippen molar-refractivity contribution in [2.75, 3.05) is 0 Å². The number of allylic oxidation sites excluding steroid dienone is 1. The molecule has 1 saturated heterocycles. The minimum Gasteiger partial charge on any atom is -0.326 e. The van der Waals surface area contributed by atoms with Gasteiger partial charge in [0.05, 0.1) is 10.9 Å². The number of hydrogen-bond donors (Lipinski definition) is 1. The maximum absolute atomic E-state index is 12.6. The second-order valence-corrected chi connectivity index (χ2v) is 7.43. The maximum Gasteiger partial charge on any atom is 0.233 e. The minimum absolute atomic E-state index is 0.0371. The number of guanidine groups is 1. The van der Waals surface area contributed by atoms with Crippen LogP contribution in [0.4, 0.5) is 0 Å². The van der Waals surface area contributed by atoms with Gasteiger partial charge in [-0.1, -0.05) is 25.1 Å². The Labute approximate surface area is 143 Å². The lowest BCUT2D eigenvalue weighted by Gasteiger charge is -2.38. The number of aryl methyl sites for hydroxylation is 1. The minimum atomic E-state index is -1.48. The number of nitrogens with one attached hydrogen (secondary N) is 1. The number of dihydropyridines is 1. The number of aliphatic imine (C=N–C) groups is 1. The van der Waals surface area contributed by atoms with Crippen molar-refractivity contribution in [1.29, 1.82) is 0 Å². The van der Waals surface area contributed by atoms with Crippen LogP contribution in [0, 0.1) is 12.8 Å². The predicted octanol–water partition coefficient (Wildman–Crippen LogP) is 2.01. The van der Waals surface area contributed by atoms with Crippen molar-refractivity contribution in [1.82, 2.24) is 10.3 Å². The van der Waals surface area contributed by atoms with E-state index in [4.69, 9.17) is 0 Å². The summed E-state index contributed by atoms with van der Waals surface area (Å²) in [5, 5.41) is 9.49. The van der Waals surface area contributed by atoms with E-state index >= 15 is 0 Å². The highest BCUT2D eigenvalue weighted by molar-refractivity contribution is 7.83. The molecule has 4 rings (SSSR count). The summed E-state index contributed by atoms with van der Waals surface area (Å²) in [4.78, 5) is 5.34. The summed E-state index contributed by atoms with van der Waals surface area (Å²) < 4.78 is 17.0. The zero-order valence-corrected chi connectivity index (χ0v) is 14.4. The maximum atomic E-state index is 12.6. The summed E-state index contributed by atoms with van der Waals surface area (Å²) in [6.45, 7) is 4.07. The van der Waals surface area contributed by atoms with Crippen LogP contribution in [0.2, 0.25) is 0 Å². The number of nitrogens with zero attached hydrogens (tertiary/aromatic N) is 4. The lowest BCUT2D eigenvalue weighted by Crippen LogP contribution is -2.55. The van der Waals surface area contributed by atoms with Crippen LogP contribution >= 0.6 is 0 Å². The van der Waals surface area contributed by atoms with Crippen molar-refractivity contribution in [3.05, 3.63) is 41.6 Å². The number of hydrogen-bond acceptors (Lipinski definition) is 3. The summed E-state index contributed by atoms with van der Waals surface area (Å²) in [5.41, 5.74) is 2.09. The Morgan fingerprint density at radius 3 is 3.12 bits per heavy atom. The summed E-state index contributed by atoms with van der Waals surface area (Å²) in [6, 6.07) is 7.73. The normalized spacial score (nSPS) is 30.6. The van der Waals surface area contributed by atoms with Gasteiger partial charge in [-0.05, 0) is 24.6 Å². The molecule has 124 valence electrons. The van der Waals surface area contributed by atoms with E-state index in [0.29, 0.717) is 10.9 Å². The van der Waals surface area contributed by atoms with Crippen molar-refractivity contribution in [3.8, 4) is 0 Å². The van der Waals surface area contributed by atoms with Crippen LogP contribution < -0.4 is 5.32 Å². The van der Waals surface area contributed by atoms with Gasteiger partial charge < -0.3 is 5.32 Å². The van der Waals surface area contributed by atoms with Gasteiger partial charge in [-0.2, -0.15) is 5.10 Å². The molecule has 0 aromatic heterocycles. The summed E-state index contributed by atoms with van der Waals surface area (Å²) in [7, 11) is -1.48. The Morgan fingerprint density at radius 2 is 2.29 bits per heavy atom. The number of fused-ring (bicyclic) bond motifs is 3. The van der Waals surface area contributed by atoms with E-state index in [0.717, 1.165) is 17.7 Å². The Hall–Kier alpha value is -2.28. The molecule has 1 aromatic carbocycles. The molecule has 3 aliphatic rings. The topological polar surface area (TPSA) is 69.4 Å². The summed E-state index contributed by atoms with van der Waals surface area (Å²) in [6.07, 6.45) is 6.80. The largest absolute Gasteiger partial charge is 0.326 e. The van der Waals surface area contributed by atoms with E-state index in [9.17, 15) is 4.21 Å². The highest BCUT2D eigenvalue weighted by Crippen LogP contribution is 2.29. The monoisotopic (exact) mass is 341 g/mol. The van der Waals surface area contributed by atoms with Crippen LogP contribution in [0.25, 0.3) is 0 Å². The highest BCUT2D eigenvalue weighted by atomic mass is 32.2. The van der Waals surface area contributed by atoms with Gasteiger partial charge in [-0.25, -0.2) is 9.22 Å². The van der Waals surface area contributed by atoms with Gasteiger partial charge in [0.15, 0.2) is 11.0 Å². The van der Waals surface area contributed by atoms with Crippen molar-refractivity contribution in [3.63, 3.8) is 0 Å². The van der Waals surface area contributed by atoms with E-state index in [2.05, 4.69) is 32.8 Å². The molecule has 3 aliphatic heterocycles. The molecule has 1 aromatic rings. The molecule has 0 spiro atoms. The molecule has 0 bridgehead atoms. The quantitative estimate of drug-likeness (QED) is 0.895. The van der Waals surface area contributed by atoms with E-state index < -0.39 is 11.0 Å². The van der Waals surface area contributed by atoms with Gasteiger partial charge in [0.1, 0.15) is 6.04 Å². The molecule has 0 radical (unpaired) electrons.